The molecule has 0 bridgehead atoms. The molecule has 2 aromatic heterocycles. The first-order valence-corrected chi connectivity index (χ1v) is 9.29. The molecule has 3 aromatic rings. The smallest absolute Gasteiger partial charge is 0.228 e. The average molecular weight is 353 g/mol. The number of aromatic nitrogens is 4. The van der Waals surface area contributed by atoms with Crippen LogP contribution in [-0.4, -0.2) is 43.6 Å². The highest BCUT2D eigenvalue weighted by Crippen LogP contribution is 2.25. The van der Waals surface area contributed by atoms with Gasteiger partial charge in [-0.15, -0.1) is 11.3 Å². The van der Waals surface area contributed by atoms with Crippen molar-refractivity contribution in [3.8, 4) is 10.6 Å². The zero-order valence-corrected chi connectivity index (χ0v) is 14.6. The van der Waals surface area contributed by atoms with Crippen LogP contribution in [0.2, 0.25) is 0 Å². The zero-order chi connectivity index (χ0) is 17.1. The second-order valence-electron chi connectivity index (χ2n) is 6.17. The monoisotopic (exact) mass is 353 g/mol. The third-order valence-corrected chi connectivity index (χ3v) is 5.47. The van der Waals surface area contributed by atoms with Crippen molar-refractivity contribution in [2.45, 2.75) is 25.3 Å². The van der Waals surface area contributed by atoms with Gasteiger partial charge < -0.3 is 4.90 Å². The van der Waals surface area contributed by atoms with Gasteiger partial charge in [-0.25, -0.2) is 14.6 Å². The first-order chi connectivity index (χ1) is 12.3. The molecule has 4 rings (SSSR count). The van der Waals surface area contributed by atoms with E-state index in [4.69, 9.17) is 0 Å². The Morgan fingerprint density at radius 2 is 2.00 bits per heavy atom. The van der Waals surface area contributed by atoms with Crippen molar-refractivity contribution >= 4 is 17.2 Å². The summed E-state index contributed by atoms with van der Waals surface area (Å²) in [7, 11) is 0. The second kappa shape index (κ2) is 7.14. The summed E-state index contributed by atoms with van der Waals surface area (Å²) in [5.74, 6) is 0.155. The van der Waals surface area contributed by atoms with Crippen LogP contribution in [0.1, 0.15) is 24.6 Å². The molecule has 0 aliphatic carbocycles. The van der Waals surface area contributed by atoms with Gasteiger partial charge in [0.1, 0.15) is 17.7 Å². The number of rotatable bonds is 4. The predicted octanol–water partition coefficient (Wildman–Crippen LogP) is 2.81. The van der Waals surface area contributed by atoms with E-state index in [2.05, 4.69) is 15.1 Å². The van der Waals surface area contributed by atoms with Crippen molar-refractivity contribution in [3.63, 3.8) is 0 Å². The number of piperidine rings is 1. The maximum atomic E-state index is 12.6. The molecule has 0 spiro atoms. The molecule has 0 saturated carbocycles. The summed E-state index contributed by atoms with van der Waals surface area (Å²) in [6.45, 7) is 1.53. The fourth-order valence-electron chi connectivity index (χ4n) is 3.15. The van der Waals surface area contributed by atoms with Gasteiger partial charge in [-0.3, -0.25) is 4.79 Å². The molecule has 7 heteroatoms. The molecule has 25 heavy (non-hydrogen) atoms. The van der Waals surface area contributed by atoms with Gasteiger partial charge in [0.15, 0.2) is 0 Å². The molecular weight excluding hydrogens is 334 g/mol. The van der Waals surface area contributed by atoms with Crippen LogP contribution in [0.5, 0.6) is 0 Å². The van der Waals surface area contributed by atoms with Gasteiger partial charge in [-0.1, -0.05) is 30.3 Å². The van der Waals surface area contributed by atoms with E-state index in [9.17, 15) is 4.79 Å². The van der Waals surface area contributed by atoms with E-state index in [0.29, 0.717) is 12.5 Å². The number of likely N-dealkylation sites (tertiary alicyclic amines) is 1. The molecule has 1 saturated heterocycles. The van der Waals surface area contributed by atoms with E-state index >= 15 is 0 Å². The van der Waals surface area contributed by atoms with E-state index in [1.54, 1.807) is 24.0 Å². The molecule has 1 aliphatic heterocycles. The molecule has 3 heterocycles. The summed E-state index contributed by atoms with van der Waals surface area (Å²) in [5, 5.41) is 7.16. The molecule has 1 fully saturated rings. The molecule has 1 aliphatic rings. The first-order valence-electron chi connectivity index (χ1n) is 8.41. The lowest BCUT2D eigenvalue weighted by Crippen LogP contribution is -2.40. The highest BCUT2D eigenvalue weighted by Gasteiger charge is 2.24. The van der Waals surface area contributed by atoms with E-state index in [0.717, 1.165) is 42.2 Å². The minimum Gasteiger partial charge on any atom is -0.342 e. The Morgan fingerprint density at radius 3 is 2.72 bits per heavy atom. The standard InChI is InChI=1S/C18H19N5OS/c24-17(22-8-6-16(7-9-22)23-13-19-12-20-23)10-15-11-25-18(21-15)14-4-2-1-3-5-14/h1-5,11-13,16H,6-10H2. The maximum Gasteiger partial charge on any atom is 0.228 e. The van der Waals surface area contributed by atoms with Crippen molar-refractivity contribution in [3.05, 3.63) is 54.1 Å². The van der Waals surface area contributed by atoms with Crippen molar-refractivity contribution in [1.29, 1.82) is 0 Å². The molecule has 0 N–H and O–H groups in total. The summed E-state index contributed by atoms with van der Waals surface area (Å²) < 4.78 is 1.90. The third-order valence-electron chi connectivity index (χ3n) is 4.53. The topological polar surface area (TPSA) is 63.9 Å². The number of thiazole rings is 1. The van der Waals surface area contributed by atoms with Gasteiger partial charge in [0, 0.05) is 24.0 Å². The van der Waals surface area contributed by atoms with Gasteiger partial charge in [0.2, 0.25) is 5.91 Å². The normalized spacial score (nSPS) is 15.4. The number of benzene rings is 1. The number of carbonyl (C=O) groups excluding carboxylic acids is 1. The van der Waals surface area contributed by atoms with Gasteiger partial charge in [-0.05, 0) is 12.8 Å². The van der Waals surface area contributed by atoms with Crippen LogP contribution in [-0.2, 0) is 11.2 Å². The molecular formula is C18H19N5OS. The lowest BCUT2D eigenvalue weighted by Gasteiger charge is -2.31. The minimum atomic E-state index is 0.155. The highest BCUT2D eigenvalue weighted by molar-refractivity contribution is 7.13. The summed E-state index contributed by atoms with van der Waals surface area (Å²) in [6, 6.07) is 10.4. The van der Waals surface area contributed by atoms with Crippen LogP contribution in [0.3, 0.4) is 0 Å². The number of amides is 1. The van der Waals surface area contributed by atoms with Gasteiger partial charge in [0.05, 0.1) is 18.2 Å². The minimum absolute atomic E-state index is 0.155. The SMILES string of the molecule is O=C(Cc1csc(-c2ccccc2)n1)N1CCC(n2cncn2)CC1. The summed E-state index contributed by atoms with van der Waals surface area (Å²) >= 11 is 1.59. The zero-order valence-electron chi connectivity index (χ0n) is 13.8. The Balaban J connectivity index is 1.34. The second-order valence-corrected chi connectivity index (χ2v) is 7.03. The molecule has 1 amide bonds. The molecule has 0 atom stereocenters. The highest BCUT2D eigenvalue weighted by atomic mass is 32.1. The van der Waals surface area contributed by atoms with Crippen molar-refractivity contribution < 1.29 is 4.79 Å². The van der Waals surface area contributed by atoms with Gasteiger partial charge >= 0.3 is 0 Å². The van der Waals surface area contributed by atoms with Crippen LogP contribution >= 0.6 is 11.3 Å². The molecule has 128 valence electrons. The number of hydrogen-bond donors (Lipinski definition) is 0. The van der Waals surface area contributed by atoms with Crippen LogP contribution in [0, 0.1) is 0 Å². The van der Waals surface area contributed by atoms with Crippen LogP contribution in [0.25, 0.3) is 10.6 Å². The lowest BCUT2D eigenvalue weighted by molar-refractivity contribution is -0.131. The fraction of sp³-hybridized carbons (Fsp3) is 0.333. The largest absolute Gasteiger partial charge is 0.342 e. The quantitative estimate of drug-likeness (QED) is 0.723. The van der Waals surface area contributed by atoms with E-state index in [1.807, 2.05) is 45.3 Å². The van der Waals surface area contributed by atoms with Gasteiger partial charge in [0.25, 0.3) is 0 Å². The maximum absolute atomic E-state index is 12.6. The van der Waals surface area contributed by atoms with Crippen LogP contribution in [0.4, 0.5) is 0 Å². The van der Waals surface area contributed by atoms with Crippen molar-refractivity contribution in [2.75, 3.05) is 13.1 Å². The Morgan fingerprint density at radius 1 is 1.20 bits per heavy atom. The summed E-state index contributed by atoms with van der Waals surface area (Å²) in [5.41, 5.74) is 1.95. The fourth-order valence-corrected chi connectivity index (χ4v) is 3.98. The summed E-state index contributed by atoms with van der Waals surface area (Å²) in [4.78, 5) is 23.1. The Kier molecular flexibility index (Phi) is 4.56. The van der Waals surface area contributed by atoms with Crippen LogP contribution in [0.15, 0.2) is 48.4 Å². The Hall–Kier alpha value is -2.54. The number of carbonyl (C=O) groups is 1. The van der Waals surface area contributed by atoms with Crippen molar-refractivity contribution in [1.82, 2.24) is 24.6 Å². The number of hydrogen-bond acceptors (Lipinski definition) is 5. The van der Waals surface area contributed by atoms with Crippen LogP contribution < -0.4 is 0 Å². The summed E-state index contributed by atoms with van der Waals surface area (Å²) in [6.07, 6.45) is 5.52. The lowest BCUT2D eigenvalue weighted by atomic mass is 10.0. The van der Waals surface area contributed by atoms with E-state index in [1.165, 1.54) is 0 Å². The Labute approximate surface area is 150 Å². The first kappa shape index (κ1) is 16.0. The van der Waals surface area contributed by atoms with Crippen molar-refractivity contribution in [2.24, 2.45) is 0 Å². The van der Waals surface area contributed by atoms with Gasteiger partial charge in [-0.2, -0.15) is 5.10 Å². The molecule has 0 unspecified atom stereocenters. The Bertz CT molecular complexity index is 822. The molecule has 1 aromatic carbocycles. The number of nitrogens with zero attached hydrogens (tertiary/aromatic N) is 5. The molecule has 6 nitrogen and oxygen atoms in total. The van der Waals surface area contributed by atoms with E-state index < -0.39 is 0 Å². The average Bonchev–Trinajstić information content (AvgIpc) is 3.35. The predicted molar refractivity (Wildman–Crippen MR) is 96.1 cm³/mol. The third kappa shape index (κ3) is 3.61. The van der Waals surface area contributed by atoms with E-state index in [-0.39, 0.29) is 5.91 Å². The molecule has 0 radical (unpaired) electrons.